The predicted molar refractivity (Wildman–Crippen MR) is 106 cm³/mol. The number of pyridine rings is 1. The van der Waals surface area contributed by atoms with Gasteiger partial charge in [0.05, 0.1) is 17.3 Å². The molecule has 27 heavy (non-hydrogen) atoms. The highest BCUT2D eigenvalue weighted by molar-refractivity contribution is 5.90. The van der Waals surface area contributed by atoms with Crippen molar-refractivity contribution in [3.8, 4) is 0 Å². The van der Waals surface area contributed by atoms with E-state index in [9.17, 15) is 9.59 Å². The lowest BCUT2D eigenvalue weighted by Gasteiger charge is -2.42. The molecule has 2 amide bonds. The predicted octanol–water partition coefficient (Wildman–Crippen LogP) is 2.77. The number of rotatable bonds is 5. The summed E-state index contributed by atoms with van der Waals surface area (Å²) in [5, 5.41) is 2.88. The molecule has 0 bridgehead atoms. The van der Waals surface area contributed by atoms with Crippen LogP contribution in [-0.2, 0) is 9.59 Å². The summed E-state index contributed by atoms with van der Waals surface area (Å²) < 4.78 is 0. The molecule has 148 valence electrons. The minimum atomic E-state index is -0.233. The third-order valence-corrected chi connectivity index (χ3v) is 5.52. The van der Waals surface area contributed by atoms with Crippen molar-refractivity contribution in [3.05, 3.63) is 24.5 Å². The molecule has 1 spiro atoms. The Balaban J connectivity index is 1.51. The molecule has 6 heteroatoms. The number of hydrogen-bond acceptors (Lipinski definition) is 4. The largest absolute Gasteiger partial charge is 0.342 e. The molecule has 2 saturated heterocycles. The van der Waals surface area contributed by atoms with Crippen LogP contribution in [0.25, 0.3) is 0 Å². The molecule has 2 aliphatic rings. The monoisotopic (exact) mass is 372 g/mol. The number of likely N-dealkylation sites (tertiary alicyclic amines) is 2. The van der Waals surface area contributed by atoms with E-state index >= 15 is 0 Å². The first-order chi connectivity index (χ1) is 12.8. The Labute approximate surface area is 162 Å². The second-order valence-corrected chi connectivity index (χ2v) is 9.24. The van der Waals surface area contributed by atoms with Crippen LogP contribution in [0, 0.1) is 10.8 Å². The van der Waals surface area contributed by atoms with E-state index in [2.05, 4.69) is 40.9 Å². The third-order valence-electron chi connectivity index (χ3n) is 5.52. The second kappa shape index (κ2) is 7.97. The average molecular weight is 373 g/mol. The third kappa shape index (κ3) is 5.06. The topological polar surface area (TPSA) is 65.5 Å². The normalized spacial score (nSPS) is 23.8. The minimum Gasteiger partial charge on any atom is -0.342 e. The zero-order valence-corrected chi connectivity index (χ0v) is 16.8. The highest BCUT2D eigenvalue weighted by Gasteiger charge is 2.48. The molecule has 1 N–H and O–H groups in total. The molecule has 3 rings (SSSR count). The van der Waals surface area contributed by atoms with Crippen molar-refractivity contribution in [2.75, 3.05) is 38.0 Å². The van der Waals surface area contributed by atoms with Gasteiger partial charge in [0.2, 0.25) is 11.8 Å². The molecule has 1 aromatic heterocycles. The maximum atomic E-state index is 13.2. The van der Waals surface area contributed by atoms with Gasteiger partial charge in [0.25, 0.3) is 0 Å². The van der Waals surface area contributed by atoms with Gasteiger partial charge < -0.3 is 15.1 Å². The van der Waals surface area contributed by atoms with Crippen molar-refractivity contribution < 1.29 is 9.59 Å². The fourth-order valence-corrected chi connectivity index (χ4v) is 4.32. The standard InChI is InChI=1S/C21H32N4O2/c1-20(2,3)15-25-11-5-8-21(19(25)27)9-13-24(16-21)12-7-18(26)23-17-6-4-10-22-14-17/h4,6,10,14H,5,7-9,11-13,15-16H2,1-3H3,(H,23,26). The first-order valence-corrected chi connectivity index (χ1v) is 9.99. The van der Waals surface area contributed by atoms with E-state index in [-0.39, 0.29) is 16.7 Å². The molecule has 0 aliphatic carbocycles. The van der Waals surface area contributed by atoms with E-state index in [0.29, 0.717) is 18.9 Å². The van der Waals surface area contributed by atoms with Gasteiger partial charge in [0.15, 0.2) is 0 Å². The SMILES string of the molecule is CC(C)(C)CN1CCCC2(CCN(CCC(=O)Nc3cccnc3)C2)C1=O. The summed E-state index contributed by atoms with van der Waals surface area (Å²) in [5.41, 5.74) is 0.612. The number of carbonyl (C=O) groups excluding carboxylic acids is 2. The van der Waals surface area contributed by atoms with Gasteiger partial charge >= 0.3 is 0 Å². The quantitative estimate of drug-likeness (QED) is 0.863. The number of amides is 2. The van der Waals surface area contributed by atoms with Gasteiger partial charge in [-0.2, -0.15) is 0 Å². The van der Waals surface area contributed by atoms with Gasteiger partial charge in [0.1, 0.15) is 0 Å². The van der Waals surface area contributed by atoms with Crippen LogP contribution in [0.1, 0.15) is 46.5 Å². The van der Waals surface area contributed by atoms with E-state index in [1.54, 1.807) is 18.5 Å². The Morgan fingerprint density at radius 1 is 1.30 bits per heavy atom. The van der Waals surface area contributed by atoms with E-state index in [4.69, 9.17) is 0 Å². The molecule has 1 unspecified atom stereocenters. The van der Waals surface area contributed by atoms with Crippen LogP contribution in [0.4, 0.5) is 5.69 Å². The van der Waals surface area contributed by atoms with Crippen molar-refractivity contribution >= 4 is 17.5 Å². The van der Waals surface area contributed by atoms with Crippen LogP contribution in [0.5, 0.6) is 0 Å². The Morgan fingerprint density at radius 3 is 2.81 bits per heavy atom. The highest BCUT2D eigenvalue weighted by Crippen LogP contribution is 2.40. The molecular formula is C21H32N4O2. The maximum Gasteiger partial charge on any atom is 0.230 e. The second-order valence-electron chi connectivity index (χ2n) is 9.24. The molecule has 6 nitrogen and oxygen atoms in total. The molecular weight excluding hydrogens is 340 g/mol. The molecule has 2 fully saturated rings. The van der Waals surface area contributed by atoms with Crippen molar-refractivity contribution in [2.45, 2.75) is 46.5 Å². The van der Waals surface area contributed by atoms with Gasteiger partial charge in [-0.05, 0) is 43.4 Å². The average Bonchev–Trinajstić information content (AvgIpc) is 3.01. The Hall–Kier alpha value is -1.95. The first kappa shape index (κ1) is 19.8. The van der Waals surface area contributed by atoms with E-state index in [1.165, 1.54) is 0 Å². The zero-order valence-electron chi connectivity index (χ0n) is 16.8. The molecule has 1 atom stereocenters. The van der Waals surface area contributed by atoms with Gasteiger partial charge in [-0.3, -0.25) is 14.6 Å². The van der Waals surface area contributed by atoms with Gasteiger partial charge in [-0.1, -0.05) is 20.8 Å². The van der Waals surface area contributed by atoms with Crippen molar-refractivity contribution in [1.29, 1.82) is 0 Å². The number of anilines is 1. The van der Waals surface area contributed by atoms with Crippen molar-refractivity contribution in [2.24, 2.45) is 10.8 Å². The lowest BCUT2D eigenvalue weighted by atomic mass is 9.77. The van der Waals surface area contributed by atoms with Crippen LogP contribution < -0.4 is 5.32 Å². The van der Waals surface area contributed by atoms with Crippen molar-refractivity contribution in [3.63, 3.8) is 0 Å². The lowest BCUT2D eigenvalue weighted by Crippen LogP contribution is -2.52. The fourth-order valence-electron chi connectivity index (χ4n) is 4.32. The zero-order chi connectivity index (χ0) is 19.5. The Morgan fingerprint density at radius 2 is 2.11 bits per heavy atom. The molecule has 0 aromatic carbocycles. The number of nitrogens with zero attached hydrogens (tertiary/aromatic N) is 3. The summed E-state index contributed by atoms with van der Waals surface area (Å²) in [5.74, 6) is 0.319. The highest BCUT2D eigenvalue weighted by atomic mass is 16.2. The summed E-state index contributed by atoms with van der Waals surface area (Å²) in [7, 11) is 0. The molecule has 0 saturated carbocycles. The van der Waals surface area contributed by atoms with Crippen LogP contribution in [0.15, 0.2) is 24.5 Å². The summed E-state index contributed by atoms with van der Waals surface area (Å²) >= 11 is 0. The van der Waals surface area contributed by atoms with E-state index < -0.39 is 0 Å². The van der Waals surface area contributed by atoms with Crippen LogP contribution in [0.2, 0.25) is 0 Å². The molecule has 1 aromatic rings. The van der Waals surface area contributed by atoms with Gasteiger partial charge in [-0.25, -0.2) is 0 Å². The molecule has 3 heterocycles. The maximum absolute atomic E-state index is 13.2. The Bertz CT molecular complexity index is 671. The number of nitrogens with one attached hydrogen (secondary N) is 1. The Kier molecular flexibility index (Phi) is 5.84. The minimum absolute atomic E-state index is 0.00622. The van der Waals surface area contributed by atoms with E-state index in [0.717, 1.165) is 51.1 Å². The lowest BCUT2D eigenvalue weighted by molar-refractivity contribution is -0.147. The molecule has 0 radical (unpaired) electrons. The number of carbonyl (C=O) groups is 2. The number of piperidine rings is 1. The summed E-state index contributed by atoms with van der Waals surface area (Å²) in [6, 6.07) is 3.64. The number of hydrogen-bond donors (Lipinski definition) is 1. The summed E-state index contributed by atoms with van der Waals surface area (Å²) in [4.78, 5) is 33.7. The smallest absolute Gasteiger partial charge is 0.230 e. The summed E-state index contributed by atoms with van der Waals surface area (Å²) in [6.45, 7) is 10.6. The van der Waals surface area contributed by atoms with Crippen molar-refractivity contribution in [1.82, 2.24) is 14.8 Å². The van der Waals surface area contributed by atoms with Gasteiger partial charge in [0, 0.05) is 38.8 Å². The first-order valence-electron chi connectivity index (χ1n) is 9.99. The number of aromatic nitrogens is 1. The van der Waals surface area contributed by atoms with Crippen LogP contribution >= 0.6 is 0 Å². The fraction of sp³-hybridized carbons (Fsp3) is 0.667. The van der Waals surface area contributed by atoms with Gasteiger partial charge in [-0.15, -0.1) is 0 Å². The van der Waals surface area contributed by atoms with Crippen LogP contribution in [-0.4, -0.2) is 59.3 Å². The van der Waals surface area contributed by atoms with Crippen LogP contribution in [0.3, 0.4) is 0 Å². The molecule has 2 aliphatic heterocycles. The summed E-state index contributed by atoms with van der Waals surface area (Å²) in [6.07, 6.45) is 6.74. The van der Waals surface area contributed by atoms with E-state index in [1.807, 2.05) is 6.07 Å².